The van der Waals surface area contributed by atoms with Gasteiger partial charge in [0.05, 0.1) is 16.2 Å². The largest absolute Gasteiger partial charge is 0.319 e. The summed E-state index contributed by atoms with van der Waals surface area (Å²) in [6.07, 6.45) is 1.53. The molecule has 0 bridgehead atoms. The Morgan fingerprint density at radius 1 is 1.50 bits per heavy atom. The second kappa shape index (κ2) is 4.92. The highest BCUT2D eigenvalue weighted by atomic mass is 32.1. The third-order valence-electron chi connectivity index (χ3n) is 2.38. The van der Waals surface area contributed by atoms with E-state index in [1.165, 1.54) is 29.7 Å². The molecule has 0 saturated carbocycles. The van der Waals surface area contributed by atoms with Crippen LogP contribution in [0.25, 0.3) is 0 Å². The summed E-state index contributed by atoms with van der Waals surface area (Å²) in [5.41, 5.74) is 0.823. The Kier molecular flexibility index (Phi) is 3.33. The predicted octanol–water partition coefficient (Wildman–Crippen LogP) is 2.61. The van der Waals surface area contributed by atoms with Crippen molar-refractivity contribution in [2.75, 3.05) is 5.32 Å². The topological polar surface area (TPSA) is 85.1 Å². The van der Waals surface area contributed by atoms with Gasteiger partial charge < -0.3 is 5.32 Å². The summed E-state index contributed by atoms with van der Waals surface area (Å²) in [4.78, 5) is 25.9. The van der Waals surface area contributed by atoms with Gasteiger partial charge in [0.25, 0.3) is 11.6 Å². The summed E-state index contributed by atoms with van der Waals surface area (Å²) in [6.45, 7) is 1.59. The van der Waals surface area contributed by atoms with E-state index in [-0.39, 0.29) is 11.6 Å². The first-order chi connectivity index (χ1) is 8.59. The molecule has 1 heterocycles. The van der Waals surface area contributed by atoms with E-state index >= 15 is 0 Å². The van der Waals surface area contributed by atoms with Crippen LogP contribution in [0.4, 0.5) is 11.4 Å². The van der Waals surface area contributed by atoms with Crippen LogP contribution >= 0.6 is 11.3 Å². The fourth-order valence-corrected chi connectivity index (χ4v) is 2.00. The van der Waals surface area contributed by atoms with Crippen molar-refractivity contribution in [3.63, 3.8) is 0 Å². The molecule has 6 nitrogen and oxygen atoms in total. The number of thiazole rings is 1. The van der Waals surface area contributed by atoms with Crippen molar-refractivity contribution in [1.29, 1.82) is 0 Å². The van der Waals surface area contributed by atoms with Crippen LogP contribution in [0.15, 0.2) is 29.8 Å². The van der Waals surface area contributed by atoms with Crippen LogP contribution in [-0.4, -0.2) is 15.8 Å². The van der Waals surface area contributed by atoms with Gasteiger partial charge in [-0.05, 0) is 13.0 Å². The van der Waals surface area contributed by atoms with Gasteiger partial charge in [0.1, 0.15) is 0 Å². The fourth-order valence-electron chi connectivity index (χ4n) is 1.47. The van der Waals surface area contributed by atoms with Crippen LogP contribution in [0.2, 0.25) is 0 Å². The summed E-state index contributed by atoms with van der Waals surface area (Å²) < 4.78 is 0. The van der Waals surface area contributed by atoms with Crippen molar-refractivity contribution in [2.45, 2.75) is 6.92 Å². The van der Waals surface area contributed by atoms with Crippen molar-refractivity contribution in [1.82, 2.24) is 4.98 Å². The van der Waals surface area contributed by atoms with Crippen molar-refractivity contribution >= 4 is 28.6 Å². The number of benzene rings is 1. The molecule has 0 atom stereocenters. The smallest absolute Gasteiger partial charge is 0.284 e. The predicted molar refractivity (Wildman–Crippen MR) is 67.9 cm³/mol. The van der Waals surface area contributed by atoms with Gasteiger partial charge in [-0.15, -0.1) is 11.3 Å². The zero-order chi connectivity index (χ0) is 13.1. The molecule has 1 amide bonds. The minimum atomic E-state index is -0.478. The lowest BCUT2D eigenvalue weighted by Crippen LogP contribution is -2.12. The van der Waals surface area contributed by atoms with Crippen LogP contribution in [0.5, 0.6) is 0 Å². The lowest BCUT2D eigenvalue weighted by Gasteiger charge is -2.06. The van der Waals surface area contributed by atoms with Gasteiger partial charge in [-0.3, -0.25) is 14.9 Å². The van der Waals surface area contributed by atoms with Gasteiger partial charge in [0.15, 0.2) is 5.01 Å². The number of nitro benzene ring substituents is 1. The number of carbonyl (C=O) groups excluding carboxylic acids is 1. The van der Waals surface area contributed by atoms with E-state index in [0.29, 0.717) is 16.3 Å². The molecule has 1 aromatic carbocycles. The summed E-state index contributed by atoms with van der Waals surface area (Å²) >= 11 is 1.21. The first-order valence-corrected chi connectivity index (χ1v) is 5.92. The van der Waals surface area contributed by atoms with Gasteiger partial charge in [0.2, 0.25) is 0 Å². The van der Waals surface area contributed by atoms with E-state index in [2.05, 4.69) is 10.3 Å². The number of nitro groups is 1. The number of amides is 1. The van der Waals surface area contributed by atoms with Crippen molar-refractivity contribution in [3.05, 3.63) is 50.5 Å². The molecule has 1 N–H and O–H groups in total. The van der Waals surface area contributed by atoms with E-state index in [9.17, 15) is 14.9 Å². The molecule has 2 aromatic rings. The van der Waals surface area contributed by atoms with Gasteiger partial charge in [-0.1, -0.05) is 6.07 Å². The number of hydrogen-bond acceptors (Lipinski definition) is 5. The molecule has 2 rings (SSSR count). The van der Waals surface area contributed by atoms with Crippen molar-refractivity contribution in [3.8, 4) is 0 Å². The Morgan fingerprint density at radius 3 is 2.89 bits per heavy atom. The zero-order valence-electron chi connectivity index (χ0n) is 9.41. The maximum atomic E-state index is 11.8. The lowest BCUT2D eigenvalue weighted by molar-refractivity contribution is -0.385. The number of aromatic nitrogens is 1. The quantitative estimate of drug-likeness (QED) is 0.681. The third-order valence-corrected chi connectivity index (χ3v) is 3.15. The molecule has 92 valence electrons. The summed E-state index contributed by atoms with van der Waals surface area (Å²) in [5.74, 6) is -0.367. The molecule has 0 radical (unpaired) electrons. The molecule has 1 aromatic heterocycles. The molecule has 0 unspecified atom stereocenters. The second-order valence-corrected chi connectivity index (χ2v) is 4.39. The molecule has 0 aliphatic carbocycles. The van der Waals surface area contributed by atoms with Crippen molar-refractivity contribution < 1.29 is 9.72 Å². The molecule has 0 spiro atoms. The number of hydrogen-bond donors (Lipinski definition) is 1. The highest BCUT2D eigenvalue weighted by Gasteiger charge is 2.16. The highest BCUT2D eigenvalue weighted by Crippen LogP contribution is 2.25. The number of rotatable bonds is 3. The first-order valence-electron chi connectivity index (χ1n) is 5.04. The Labute approximate surface area is 106 Å². The molecule has 0 aliphatic heterocycles. The van der Waals surface area contributed by atoms with E-state index in [1.54, 1.807) is 18.4 Å². The Hall–Kier alpha value is -2.28. The summed E-state index contributed by atoms with van der Waals surface area (Å²) in [7, 11) is 0. The Morgan fingerprint density at radius 2 is 2.28 bits per heavy atom. The van der Waals surface area contributed by atoms with Crippen LogP contribution in [0.1, 0.15) is 15.4 Å². The number of nitrogens with one attached hydrogen (secondary N) is 1. The third kappa shape index (κ3) is 2.35. The maximum absolute atomic E-state index is 11.8. The van der Waals surface area contributed by atoms with Gasteiger partial charge in [-0.2, -0.15) is 0 Å². The number of carbonyl (C=O) groups is 1. The lowest BCUT2D eigenvalue weighted by atomic mass is 10.1. The van der Waals surface area contributed by atoms with Crippen LogP contribution in [-0.2, 0) is 0 Å². The standard InChI is InChI=1S/C11H9N3O3S/c1-7-8(3-2-4-9(7)14(16)17)13-10(15)11-12-5-6-18-11/h2-6H,1H3,(H,13,15). The Balaban J connectivity index is 2.27. The molecule has 0 aliphatic rings. The minimum Gasteiger partial charge on any atom is -0.319 e. The average molecular weight is 263 g/mol. The molecular formula is C11H9N3O3S. The number of anilines is 1. The fraction of sp³-hybridized carbons (Fsp3) is 0.0909. The van der Waals surface area contributed by atoms with Crippen LogP contribution in [0.3, 0.4) is 0 Å². The first kappa shape index (κ1) is 12.2. The maximum Gasteiger partial charge on any atom is 0.284 e. The van der Waals surface area contributed by atoms with E-state index in [1.807, 2.05) is 0 Å². The minimum absolute atomic E-state index is 0.0214. The highest BCUT2D eigenvalue weighted by molar-refractivity contribution is 7.11. The summed E-state index contributed by atoms with van der Waals surface area (Å²) in [5, 5.41) is 15.4. The van der Waals surface area contributed by atoms with Crippen LogP contribution in [0, 0.1) is 17.0 Å². The van der Waals surface area contributed by atoms with Gasteiger partial charge in [-0.25, -0.2) is 4.98 Å². The van der Waals surface area contributed by atoms with Crippen molar-refractivity contribution in [2.24, 2.45) is 0 Å². The molecule has 0 saturated heterocycles. The SMILES string of the molecule is Cc1c(NC(=O)c2nccs2)cccc1[N+](=O)[O-]. The van der Waals surface area contributed by atoms with Gasteiger partial charge in [0, 0.05) is 17.6 Å². The monoisotopic (exact) mass is 263 g/mol. The molecule has 0 fully saturated rings. The zero-order valence-corrected chi connectivity index (χ0v) is 10.2. The molecule has 18 heavy (non-hydrogen) atoms. The Bertz CT molecular complexity index is 596. The number of nitrogens with zero attached hydrogens (tertiary/aromatic N) is 2. The summed E-state index contributed by atoms with van der Waals surface area (Å²) in [6, 6.07) is 4.55. The normalized spacial score (nSPS) is 10.1. The second-order valence-electron chi connectivity index (χ2n) is 3.50. The average Bonchev–Trinajstić information content (AvgIpc) is 2.85. The molecule has 7 heteroatoms. The van der Waals surface area contributed by atoms with E-state index in [4.69, 9.17) is 0 Å². The molecular weight excluding hydrogens is 254 g/mol. The van der Waals surface area contributed by atoms with Crippen LogP contribution < -0.4 is 5.32 Å². The van der Waals surface area contributed by atoms with E-state index in [0.717, 1.165) is 0 Å². The van der Waals surface area contributed by atoms with E-state index < -0.39 is 4.92 Å². The van der Waals surface area contributed by atoms with Gasteiger partial charge >= 0.3 is 0 Å².